The highest BCUT2D eigenvalue weighted by molar-refractivity contribution is 7.26. The van der Waals surface area contributed by atoms with Crippen LogP contribution in [-0.2, 0) is 0 Å². The maximum Gasteiger partial charge on any atom is 0.143 e. The van der Waals surface area contributed by atoms with Crippen molar-refractivity contribution in [2.24, 2.45) is 0 Å². The van der Waals surface area contributed by atoms with Crippen LogP contribution in [-0.4, -0.2) is 0 Å². The molecule has 2 heterocycles. The predicted molar refractivity (Wildman–Crippen MR) is 202 cm³/mol. The Morgan fingerprint density at radius 1 is 0.426 bits per heavy atom. The smallest absolute Gasteiger partial charge is 0.143 e. The summed E-state index contributed by atoms with van der Waals surface area (Å²) in [6, 6.07) is 59.0. The second-order valence-electron chi connectivity index (χ2n) is 12.1. The van der Waals surface area contributed by atoms with Crippen LogP contribution in [0.25, 0.3) is 74.8 Å². The van der Waals surface area contributed by atoms with Crippen LogP contribution in [0.15, 0.2) is 168 Å². The molecule has 0 aliphatic carbocycles. The van der Waals surface area contributed by atoms with Gasteiger partial charge in [0.15, 0.2) is 0 Å². The predicted octanol–water partition coefficient (Wildman–Crippen LogP) is 13.4. The molecule has 3 heteroatoms. The first-order chi connectivity index (χ1) is 23.3. The Labute approximate surface area is 275 Å². The highest BCUT2D eigenvalue weighted by Crippen LogP contribution is 2.47. The molecule has 2 aromatic heterocycles. The van der Waals surface area contributed by atoms with Crippen LogP contribution in [0.2, 0.25) is 0 Å². The molecule has 0 saturated heterocycles. The highest BCUT2D eigenvalue weighted by Gasteiger charge is 2.21. The van der Waals surface area contributed by atoms with Gasteiger partial charge in [-0.3, -0.25) is 0 Å². The molecule has 0 radical (unpaired) electrons. The third-order valence-electron chi connectivity index (χ3n) is 9.45. The molecule has 0 fully saturated rings. The van der Waals surface area contributed by atoms with E-state index >= 15 is 0 Å². The summed E-state index contributed by atoms with van der Waals surface area (Å²) < 4.78 is 9.10. The average Bonchev–Trinajstić information content (AvgIpc) is 3.72. The summed E-state index contributed by atoms with van der Waals surface area (Å²) >= 11 is 1.85. The number of anilines is 3. The fourth-order valence-electron chi connectivity index (χ4n) is 7.34. The standard InChI is InChI=1S/C44H27NOS/c1-3-13-32-28(10-1)12-7-17-37(32)45(38-18-9-21-41-43(38)35-15-5-6-20-40(35)47-41)31-25-22-30(23-26-31)33-16-8-19-39-42(33)36-27-24-29-11-2-4-14-34(29)44(36)46-39/h1-27H. The lowest BCUT2D eigenvalue weighted by Crippen LogP contribution is -2.10. The number of nitrogens with zero attached hydrogens (tertiary/aromatic N) is 1. The lowest BCUT2D eigenvalue weighted by atomic mass is 9.97. The fourth-order valence-corrected chi connectivity index (χ4v) is 8.46. The summed E-state index contributed by atoms with van der Waals surface area (Å²) in [5.74, 6) is 0. The maximum absolute atomic E-state index is 6.51. The molecule has 0 aliphatic heterocycles. The van der Waals surface area contributed by atoms with Gasteiger partial charge in [-0.1, -0.05) is 115 Å². The van der Waals surface area contributed by atoms with E-state index in [4.69, 9.17) is 4.42 Å². The Balaban J connectivity index is 1.19. The zero-order valence-corrected chi connectivity index (χ0v) is 26.2. The SMILES string of the molecule is c1ccc2c(N(c3ccc(-c4cccc5oc6c7ccccc7ccc6c45)cc3)c3cccc4sc5ccccc5c34)cccc2c1. The van der Waals surface area contributed by atoms with Crippen LogP contribution in [0.1, 0.15) is 0 Å². The molecule has 0 saturated carbocycles. The van der Waals surface area contributed by atoms with Crippen LogP contribution in [0, 0.1) is 0 Å². The van der Waals surface area contributed by atoms with E-state index in [1.165, 1.54) is 47.6 Å². The second-order valence-corrected chi connectivity index (χ2v) is 13.2. The van der Waals surface area contributed by atoms with E-state index in [1.54, 1.807) is 0 Å². The van der Waals surface area contributed by atoms with E-state index < -0.39 is 0 Å². The normalized spacial score (nSPS) is 11.8. The van der Waals surface area contributed by atoms with Gasteiger partial charge in [0, 0.05) is 47.4 Å². The van der Waals surface area contributed by atoms with E-state index in [-0.39, 0.29) is 0 Å². The molecular formula is C44H27NOS. The molecule has 8 aromatic carbocycles. The Hall–Kier alpha value is -5.90. The quantitative estimate of drug-likeness (QED) is 0.195. The van der Waals surface area contributed by atoms with E-state index in [1.807, 2.05) is 11.3 Å². The minimum atomic E-state index is 0.909. The Bertz CT molecular complexity index is 2800. The van der Waals surface area contributed by atoms with E-state index in [9.17, 15) is 0 Å². The van der Waals surface area contributed by atoms with Crippen molar-refractivity contribution in [1.82, 2.24) is 0 Å². The van der Waals surface area contributed by atoms with E-state index in [0.717, 1.165) is 44.3 Å². The maximum atomic E-state index is 6.51. The second kappa shape index (κ2) is 10.3. The number of hydrogen-bond donors (Lipinski definition) is 0. The van der Waals surface area contributed by atoms with Crippen molar-refractivity contribution < 1.29 is 4.42 Å². The molecule has 220 valence electrons. The molecular weight excluding hydrogens is 591 g/mol. The van der Waals surface area contributed by atoms with Gasteiger partial charge in [0.2, 0.25) is 0 Å². The Morgan fingerprint density at radius 3 is 1.96 bits per heavy atom. The zero-order chi connectivity index (χ0) is 30.9. The fraction of sp³-hybridized carbons (Fsp3) is 0. The Kier molecular flexibility index (Phi) is 5.78. The highest BCUT2D eigenvalue weighted by atomic mass is 32.1. The van der Waals surface area contributed by atoms with Crippen molar-refractivity contribution in [3.05, 3.63) is 164 Å². The van der Waals surface area contributed by atoms with Gasteiger partial charge < -0.3 is 9.32 Å². The van der Waals surface area contributed by atoms with Crippen LogP contribution in [0.3, 0.4) is 0 Å². The summed E-state index contributed by atoms with van der Waals surface area (Å²) in [6.07, 6.45) is 0. The van der Waals surface area contributed by atoms with Gasteiger partial charge in [-0.25, -0.2) is 0 Å². The van der Waals surface area contributed by atoms with Crippen LogP contribution in [0.4, 0.5) is 17.1 Å². The summed E-state index contributed by atoms with van der Waals surface area (Å²) in [5.41, 5.74) is 7.64. The van der Waals surface area contributed by atoms with Crippen molar-refractivity contribution in [3.63, 3.8) is 0 Å². The third kappa shape index (κ3) is 4.04. The molecule has 10 rings (SSSR count). The number of furan rings is 1. The summed E-state index contributed by atoms with van der Waals surface area (Å²) in [7, 11) is 0. The van der Waals surface area contributed by atoms with Crippen LogP contribution in [0.5, 0.6) is 0 Å². The molecule has 0 N–H and O–H groups in total. The number of fused-ring (bicyclic) bond motifs is 9. The first-order valence-electron chi connectivity index (χ1n) is 15.9. The molecule has 0 spiro atoms. The van der Waals surface area contributed by atoms with Crippen LogP contribution < -0.4 is 4.90 Å². The van der Waals surface area contributed by atoms with Gasteiger partial charge in [0.05, 0.1) is 11.4 Å². The van der Waals surface area contributed by atoms with Crippen molar-refractivity contribution in [2.75, 3.05) is 4.90 Å². The van der Waals surface area contributed by atoms with E-state index in [0.29, 0.717) is 0 Å². The molecule has 0 atom stereocenters. The van der Waals surface area contributed by atoms with Gasteiger partial charge in [-0.15, -0.1) is 11.3 Å². The summed E-state index contributed by atoms with van der Waals surface area (Å²) in [4.78, 5) is 2.44. The van der Waals surface area contributed by atoms with Gasteiger partial charge in [0.25, 0.3) is 0 Å². The first kappa shape index (κ1) is 26.3. The average molecular weight is 618 g/mol. The van der Waals surface area contributed by atoms with Gasteiger partial charge in [-0.2, -0.15) is 0 Å². The van der Waals surface area contributed by atoms with E-state index in [2.05, 4.69) is 169 Å². The Morgan fingerprint density at radius 2 is 1.09 bits per heavy atom. The van der Waals surface area contributed by atoms with Crippen molar-refractivity contribution in [3.8, 4) is 11.1 Å². The summed E-state index contributed by atoms with van der Waals surface area (Å²) in [6.45, 7) is 0. The summed E-state index contributed by atoms with van der Waals surface area (Å²) in [5, 5.41) is 9.64. The molecule has 10 aromatic rings. The van der Waals surface area contributed by atoms with Crippen molar-refractivity contribution >= 4 is 92.1 Å². The van der Waals surface area contributed by atoms with Crippen molar-refractivity contribution in [2.45, 2.75) is 0 Å². The van der Waals surface area contributed by atoms with Gasteiger partial charge in [0.1, 0.15) is 11.2 Å². The number of rotatable bonds is 4. The molecule has 0 bridgehead atoms. The minimum Gasteiger partial charge on any atom is -0.455 e. The number of thiophene rings is 1. The lowest BCUT2D eigenvalue weighted by molar-refractivity contribution is 0.673. The molecule has 47 heavy (non-hydrogen) atoms. The first-order valence-corrected chi connectivity index (χ1v) is 16.7. The molecule has 0 amide bonds. The molecule has 0 unspecified atom stereocenters. The minimum absolute atomic E-state index is 0.909. The molecule has 2 nitrogen and oxygen atoms in total. The largest absolute Gasteiger partial charge is 0.455 e. The monoisotopic (exact) mass is 617 g/mol. The third-order valence-corrected chi connectivity index (χ3v) is 10.6. The van der Waals surface area contributed by atoms with Gasteiger partial charge >= 0.3 is 0 Å². The van der Waals surface area contributed by atoms with Gasteiger partial charge in [-0.05, 0) is 70.4 Å². The van der Waals surface area contributed by atoms with Crippen molar-refractivity contribution in [1.29, 1.82) is 0 Å². The number of benzene rings is 8. The lowest BCUT2D eigenvalue weighted by Gasteiger charge is -2.28. The van der Waals surface area contributed by atoms with Crippen LogP contribution >= 0.6 is 11.3 Å². The zero-order valence-electron chi connectivity index (χ0n) is 25.4. The molecule has 0 aliphatic rings. The number of hydrogen-bond acceptors (Lipinski definition) is 3. The topological polar surface area (TPSA) is 16.4 Å².